The van der Waals surface area contributed by atoms with Crippen LogP contribution in [0.3, 0.4) is 0 Å². The lowest BCUT2D eigenvalue weighted by molar-refractivity contribution is 0.00737. The molecule has 8 rings (SSSR count). The first-order valence-electron chi connectivity index (χ1n) is 18.7. The first-order chi connectivity index (χ1) is 24.6. The van der Waals surface area contributed by atoms with Crippen LogP contribution < -0.4 is 4.74 Å². The quantitative estimate of drug-likeness (QED) is 0.193. The number of imidazole rings is 2. The van der Waals surface area contributed by atoms with Crippen molar-refractivity contribution in [2.45, 2.75) is 130 Å². The van der Waals surface area contributed by atoms with Crippen molar-refractivity contribution in [3.63, 3.8) is 0 Å². The number of carboxylic acid groups (broad SMARTS) is 1. The van der Waals surface area contributed by atoms with Crippen LogP contribution in [0.2, 0.25) is 0 Å². The lowest BCUT2D eigenvalue weighted by atomic mass is 9.71. The van der Waals surface area contributed by atoms with Gasteiger partial charge in [0.15, 0.2) is 0 Å². The molecule has 3 aliphatic heterocycles. The minimum atomic E-state index is -0.903. The molecule has 2 fully saturated rings. The zero-order valence-corrected chi connectivity index (χ0v) is 31.5. The lowest BCUT2D eigenvalue weighted by Crippen LogP contribution is -2.55. The lowest BCUT2D eigenvalue weighted by Gasteiger charge is -2.46. The third-order valence-corrected chi connectivity index (χ3v) is 11.8. The summed E-state index contributed by atoms with van der Waals surface area (Å²) >= 11 is 0. The van der Waals surface area contributed by atoms with Crippen molar-refractivity contribution in [3.8, 4) is 39.4 Å². The summed E-state index contributed by atoms with van der Waals surface area (Å²) in [5.74, 6) is 2.34. The number of nitrogens with zero attached hydrogens (tertiary/aromatic N) is 4. The van der Waals surface area contributed by atoms with Crippen molar-refractivity contribution < 1.29 is 24.2 Å². The van der Waals surface area contributed by atoms with E-state index >= 15 is 0 Å². The molecule has 0 spiro atoms. The molecule has 5 heterocycles. The zero-order chi connectivity index (χ0) is 36.9. The van der Waals surface area contributed by atoms with Crippen LogP contribution >= 0.6 is 0 Å². The summed E-state index contributed by atoms with van der Waals surface area (Å²) in [6.07, 6.45) is 5.49. The van der Waals surface area contributed by atoms with E-state index in [-0.39, 0.29) is 29.6 Å². The molecule has 11 nitrogen and oxygen atoms in total. The number of ether oxygens (including phenoxy) is 2. The summed E-state index contributed by atoms with van der Waals surface area (Å²) in [5, 5.41) is 10.4. The Kier molecular flexibility index (Phi) is 7.82. The van der Waals surface area contributed by atoms with Crippen LogP contribution in [0, 0.1) is 5.41 Å². The molecule has 4 atom stereocenters. The predicted octanol–water partition coefficient (Wildman–Crippen LogP) is 8.99. The number of aryl methyl sites for hydroxylation is 2. The van der Waals surface area contributed by atoms with E-state index in [0.29, 0.717) is 6.61 Å². The fraction of sp³-hybridized carbons (Fsp3) is 0.512. The molecule has 0 saturated carbocycles. The van der Waals surface area contributed by atoms with Crippen LogP contribution in [-0.2, 0) is 29.7 Å². The second-order valence-corrected chi connectivity index (χ2v) is 17.2. The summed E-state index contributed by atoms with van der Waals surface area (Å²) < 4.78 is 12.2. The number of aromatic nitrogens is 4. The van der Waals surface area contributed by atoms with Gasteiger partial charge < -0.3 is 24.5 Å². The molecule has 2 aromatic heterocycles. The average Bonchev–Trinajstić information content (AvgIpc) is 3.87. The Morgan fingerprint density at radius 1 is 0.942 bits per heavy atom. The third-order valence-electron chi connectivity index (χ3n) is 11.8. The van der Waals surface area contributed by atoms with Crippen molar-refractivity contribution >= 4 is 12.2 Å². The SMILES string of the molecule is C[C@H]1CC[C@@H](c2ncc(-c3ccc4c(c3)COc3cc5c(cc3-4)CCc3nc([C@@]4(C(C)(C)C)CC[C@H](C)N4C(=O)O)[nH]c3-5)[nH]2)N1C(=O)OC(C)(C)C. The predicted molar refractivity (Wildman–Crippen MR) is 198 cm³/mol. The van der Waals surface area contributed by atoms with Gasteiger partial charge in [0.25, 0.3) is 0 Å². The number of fused-ring (bicyclic) bond motifs is 6. The van der Waals surface area contributed by atoms with Gasteiger partial charge in [0.05, 0.1) is 29.3 Å². The summed E-state index contributed by atoms with van der Waals surface area (Å²) in [7, 11) is 0. The smallest absolute Gasteiger partial charge is 0.411 e. The van der Waals surface area contributed by atoms with E-state index in [1.165, 1.54) is 5.56 Å². The number of nitrogens with one attached hydrogen (secondary N) is 2. The standard InChI is InChI=1S/C41H50N6O5/c1-22-9-14-32(46(22)38(50)52-40(6,7)8)35-42-20-31(43-35)25-10-12-27-26(17-25)21-51-33-19-28-24(18-29(27)33)11-13-30-34(28)45-36(44-30)41(39(3,4)5)16-15-23(2)47(41)37(48)49/h10,12,17-20,22-23,32H,9,11,13-16,21H2,1-8H3,(H,42,43)(H,44,45)(H,48,49)/t22-,23-,32-,41+/m0/s1. The van der Waals surface area contributed by atoms with Crippen LogP contribution in [0.1, 0.15) is 116 Å². The number of hydrogen-bond acceptors (Lipinski definition) is 6. The fourth-order valence-electron chi connectivity index (χ4n) is 9.20. The van der Waals surface area contributed by atoms with Crippen LogP contribution in [0.25, 0.3) is 33.6 Å². The number of carbonyl (C=O) groups is 2. The van der Waals surface area contributed by atoms with Gasteiger partial charge in [-0.25, -0.2) is 19.6 Å². The first kappa shape index (κ1) is 34.3. The van der Waals surface area contributed by atoms with E-state index in [0.717, 1.165) is 101 Å². The maximum Gasteiger partial charge on any atom is 0.411 e. The number of benzene rings is 2. The molecule has 3 N–H and O–H groups in total. The molecule has 2 aromatic carbocycles. The second kappa shape index (κ2) is 11.9. The highest BCUT2D eigenvalue weighted by atomic mass is 16.6. The number of likely N-dealkylation sites (tertiary alicyclic amines) is 2. The number of hydrogen-bond donors (Lipinski definition) is 3. The van der Waals surface area contributed by atoms with Crippen LogP contribution in [0.15, 0.2) is 36.5 Å². The number of carbonyl (C=O) groups excluding carboxylic acids is 1. The van der Waals surface area contributed by atoms with Gasteiger partial charge in [0, 0.05) is 23.2 Å². The molecule has 4 aromatic rings. The van der Waals surface area contributed by atoms with Crippen LogP contribution in [0.4, 0.5) is 9.59 Å². The van der Waals surface area contributed by atoms with E-state index in [2.05, 4.69) is 68.0 Å². The molecular weight excluding hydrogens is 656 g/mol. The Balaban J connectivity index is 1.09. The highest BCUT2D eigenvalue weighted by Crippen LogP contribution is 2.54. The van der Waals surface area contributed by atoms with Crippen molar-refractivity contribution in [1.29, 1.82) is 0 Å². The summed E-state index contributed by atoms with van der Waals surface area (Å²) in [5.41, 5.74) is 7.78. The number of aromatic amines is 2. The Morgan fingerprint density at radius 3 is 2.46 bits per heavy atom. The monoisotopic (exact) mass is 706 g/mol. The van der Waals surface area contributed by atoms with E-state index in [9.17, 15) is 14.7 Å². The summed E-state index contributed by atoms with van der Waals surface area (Å²) in [4.78, 5) is 46.3. The van der Waals surface area contributed by atoms with Crippen molar-refractivity contribution in [2.24, 2.45) is 5.41 Å². The molecule has 2 saturated heterocycles. The van der Waals surface area contributed by atoms with Crippen LogP contribution in [0.5, 0.6) is 5.75 Å². The fourth-order valence-corrected chi connectivity index (χ4v) is 9.20. The van der Waals surface area contributed by atoms with Gasteiger partial charge in [0.2, 0.25) is 0 Å². The molecule has 1 aliphatic carbocycles. The van der Waals surface area contributed by atoms with Crippen molar-refractivity contribution in [2.75, 3.05) is 0 Å². The Hall–Kier alpha value is -4.80. The van der Waals surface area contributed by atoms with Gasteiger partial charge in [-0.15, -0.1) is 0 Å². The molecule has 274 valence electrons. The van der Waals surface area contributed by atoms with Gasteiger partial charge in [-0.1, -0.05) is 32.9 Å². The van der Waals surface area contributed by atoms with Gasteiger partial charge in [-0.3, -0.25) is 9.80 Å². The number of rotatable bonds is 3. The second-order valence-electron chi connectivity index (χ2n) is 17.2. The number of H-pyrrole nitrogens is 2. The normalized spacial score (nSPS) is 23.8. The van der Waals surface area contributed by atoms with Crippen molar-refractivity contribution in [3.05, 3.63) is 65.0 Å². The van der Waals surface area contributed by atoms with Crippen molar-refractivity contribution in [1.82, 2.24) is 29.7 Å². The molecule has 0 radical (unpaired) electrons. The molecule has 4 aliphatic rings. The molecule has 52 heavy (non-hydrogen) atoms. The Morgan fingerprint density at radius 2 is 1.73 bits per heavy atom. The zero-order valence-electron chi connectivity index (χ0n) is 31.5. The minimum Gasteiger partial charge on any atom is -0.488 e. The maximum atomic E-state index is 13.1. The Bertz CT molecular complexity index is 2090. The number of amides is 2. The summed E-state index contributed by atoms with van der Waals surface area (Å²) in [6.45, 7) is 16.5. The van der Waals surface area contributed by atoms with E-state index in [4.69, 9.17) is 19.4 Å². The minimum absolute atomic E-state index is 0.0700. The van der Waals surface area contributed by atoms with Crippen LogP contribution in [-0.4, -0.2) is 64.7 Å². The first-order valence-corrected chi connectivity index (χ1v) is 18.7. The van der Waals surface area contributed by atoms with Gasteiger partial charge in [0.1, 0.15) is 35.1 Å². The molecule has 11 heteroatoms. The van der Waals surface area contributed by atoms with E-state index in [1.54, 1.807) is 4.90 Å². The molecular formula is C41H50N6O5. The Labute approximate surface area is 305 Å². The molecule has 2 amide bonds. The van der Waals surface area contributed by atoms with E-state index < -0.39 is 17.2 Å². The molecule has 0 unspecified atom stereocenters. The third kappa shape index (κ3) is 5.37. The largest absolute Gasteiger partial charge is 0.488 e. The topological polar surface area (TPSA) is 137 Å². The van der Waals surface area contributed by atoms with Gasteiger partial charge in [-0.05, 0) is 119 Å². The van der Waals surface area contributed by atoms with Gasteiger partial charge in [-0.2, -0.15) is 0 Å². The van der Waals surface area contributed by atoms with E-state index in [1.807, 2.05) is 38.8 Å². The summed E-state index contributed by atoms with van der Waals surface area (Å²) in [6, 6.07) is 10.7. The highest BCUT2D eigenvalue weighted by molar-refractivity contribution is 5.83. The molecule has 0 bridgehead atoms. The van der Waals surface area contributed by atoms with Gasteiger partial charge >= 0.3 is 12.2 Å². The highest BCUT2D eigenvalue weighted by Gasteiger charge is 2.58. The maximum absolute atomic E-state index is 13.1. The average molecular weight is 707 g/mol.